The lowest BCUT2D eigenvalue weighted by molar-refractivity contribution is 0.115. The van der Waals surface area contributed by atoms with Crippen molar-refractivity contribution in [1.29, 1.82) is 0 Å². The average Bonchev–Trinajstić information content (AvgIpc) is 2.34. The van der Waals surface area contributed by atoms with Crippen LogP contribution in [0.5, 0.6) is 5.75 Å². The molecule has 0 saturated carbocycles. The summed E-state index contributed by atoms with van der Waals surface area (Å²) in [5.41, 5.74) is 0.563. The fraction of sp³-hybridized carbons (Fsp3) is 0.571. The van der Waals surface area contributed by atoms with Gasteiger partial charge in [0.05, 0.1) is 13.7 Å². The van der Waals surface area contributed by atoms with Crippen molar-refractivity contribution >= 4 is 0 Å². The van der Waals surface area contributed by atoms with Crippen molar-refractivity contribution in [3.8, 4) is 5.75 Å². The number of rotatable bonds is 8. The Morgan fingerprint density at radius 2 is 2.11 bits per heavy atom. The van der Waals surface area contributed by atoms with E-state index in [-0.39, 0.29) is 5.82 Å². The third-order valence-corrected chi connectivity index (χ3v) is 2.54. The molecule has 0 fully saturated rings. The molecule has 1 rings (SSSR count). The zero-order chi connectivity index (χ0) is 13.4. The first-order valence-corrected chi connectivity index (χ1v) is 6.27. The van der Waals surface area contributed by atoms with Crippen LogP contribution in [-0.4, -0.2) is 26.3 Å². The number of ether oxygens (including phenoxy) is 2. The van der Waals surface area contributed by atoms with Crippen LogP contribution in [0.15, 0.2) is 18.2 Å². The first kappa shape index (κ1) is 14.9. The Labute approximate surface area is 108 Å². The Bertz CT molecular complexity index is 356. The molecule has 102 valence electrons. The quantitative estimate of drug-likeness (QED) is 0.725. The molecule has 0 unspecified atom stereocenters. The third-order valence-electron chi connectivity index (χ3n) is 2.54. The van der Waals surface area contributed by atoms with Crippen molar-refractivity contribution in [3.63, 3.8) is 0 Å². The molecule has 0 radical (unpaired) electrons. The van der Waals surface area contributed by atoms with E-state index in [1.54, 1.807) is 12.1 Å². The van der Waals surface area contributed by atoms with E-state index in [0.29, 0.717) is 30.6 Å². The minimum Gasteiger partial charge on any atom is -0.497 e. The minimum absolute atomic E-state index is 0.283. The molecule has 4 heteroatoms. The summed E-state index contributed by atoms with van der Waals surface area (Å²) < 4.78 is 23.9. The van der Waals surface area contributed by atoms with Crippen molar-refractivity contribution in [3.05, 3.63) is 29.6 Å². The molecule has 0 spiro atoms. The smallest absolute Gasteiger partial charge is 0.132 e. The van der Waals surface area contributed by atoms with Gasteiger partial charge in [0.15, 0.2) is 0 Å². The normalized spacial score (nSPS) is 10.9. The molecule has 0 heterocycles. The highest BCUT2D eigenvalue weighted by Gasteiger charge is 2.03. The van der Waals surface area contributed by atoms with Crippen LogP contribution >= 0.6 is 0 Å². The third kappa shape index (κ3) is 5.47. The largest absolute Gasteiger partial charge is 0.497 e. The Balaban J connectivity index is 2.23. The fourth-order valence-corrected chi connectivity index (χ4v) is 1.52. The number of hydrogen-bond donors (Lipinski definition) is 1. The maximum atomic E-state index is 13.5. The molecule has 0 atom stereocenters. The van der Waals surface area contributed by atoms with Gasteiger partial charge >= 0.3 is 0 Å². The molecular weight excluding hydrogens is 233 g/mol. The van der Waals surface area contributed by atoms with Crippen LogP contribution in [0.4, 0.5) is 4.39 Å². The second-order valence-electron chi connectivity index (χ2n) is 4.47. The number of hydrogen-bond acceptors (Lipinski definition) is 3. The van der Waals surface area contributed by atoms with Crippen molar-refractivity contribution in [2.45, 2.75) is 32.9 Å². The summed E-state index contributed by atoms with van der Waals surface area (Å²) in [5, 5.41) is 3.30. The number of methoxy groups -OCH3 is 1. The first-order chi connectivity index (χ1) is 8.63. The fourth-order valence-electron chi connectivity index (χ4n) is 1.52. The Kier molecular flexibility index (Phi) is 6.68. The zero-order valence-corrected chi connectivity index (χ0v) is 11.3. The molecular formula is C14H22FNO2. The van der Waals surface area contributed by atoms with Crippen LogP contribution in [0.1, 0.15) is 25.8 Å². The lowest BCUT2D eigenvalue weighted by Gasteiger charge is -2.09. The van der Waals surface area contributed by atoms with Crippen molar-refractivity contribution in [2.24, 2.45) is 0 Å². The second-order valence-corrected chi connectivity index (χ2v) is 4.47. The SMILES string of the molecule is COc1ccc(COCCCNC(C)C)c(F)c1. The van der Waals surface area contributed by atoms with E-state index in [1.165, 1.54) is 13.2 Å². The van der Waals surface area contributed by atoms with E-state index in [0.717, 1.165) is 13.0 Å². The molecule has 3 nitrogen and oxygen atoms in total. The maximum Gasteiger partial charge on any atom is 0.132 e. The Morgan fingerprint density at radius 3 is 2.72 bits per heavy atom. The topological polar surface area (TPSA) is 30.5 Å². The summed E-state index contributed by atoms with van der Waals surface area (Å²) in [6.07, 6.45) is 0.927. The number of nitrogens with one attached hydrogen (secondary N) is 1. The van der Waals surface area contributed by atoms with E-state index in [2.05, 4.69) is 19.2 Å². The molecule has 0 amide bonds. The summed E-state index contributed by atoms with van der Waals surface area (Å²) >= 11 is 0. The highest BCUT2D eigenvalue weighted by atomic mass is 19.1. The van der Waals surface area contributed by atoms with Crippen LogP contribution in [-0.2, 0) is 11.3 Å². The summed E-state index contributed by atoms with van der Waals surface area (Å²) in [7, 11) is 1.52. The van der Waals surface area contributed by atoms with E-state index in [1.807, 2.05) is 0 Å². The molecule has 18 heavy (non-hydrogen) atoms. The zero-order valence-electron chi connectivity index (χ0n) is 11.3. The summed E-state index contributed by atoms with van der Waals surface area (Å²) in [6.45, 7) is 6.06. The van der Waals surface area contributed by atoms with Gasteiger partial charge < -0.3 is 14.8 Å². The van der Waals surface area contributed by atoms with Crippen molar-refractivity contribution < 1.29 is 13.9 Å². The van der Waals surface area contributed by atoms with Crippen LogP contribution in [0.3, 0.4) is 0 Å². The average molecular weight is 255 g/mol. The Morgan fingerprint density at radius 1 is 1.33 bits per heavy atom. The van der Waals surface area contributed by atoms with E-state index in [9.17, 15) is 4.39 Å². The molecule has 0 aliphatic rings. The lowest BCUT2D eigenvalue weighted by Crippen LogP contribution is -2.24. The van der Waals surface area contributed by atoms with Gasteiger partial charge in [-0.15, -0.1) is 0 Å². The van der Waals surface area contributed by atoms with Gasteiger partial charge in [0.25, 0.3) is 0 Å². The molecule has 1 N–H and O–H groups in total. The first-order valence-electron chi connectivity index (χ1n) is 6.27. The molecule has 0 aliphatic heterocycles. The van der Waals surface area contributed by atoms with Crippen LogP contribution in [0, 0.1) is 5.82 Å². The van der Waals surface area contributed by atoms with Gasteiger partial charge in [-0.1, -0.05) is 19.9 Å². The summed E-state index contributed by atoms with van der Waals surface area (Å²) in [6, 6.07) is 5.30. The molecule has 0 aliphatic carbocycles. The molecule has 1 aromatic carbocycles. The van der Waals surface area contributed by atoms with Crippen molar-refractivity contribution in [2.75, 3.05) is 20.3 Å². The standard InChI is InChI=1S/C14H22FNO2/c1-11(2)16-7-4-8-18-10-12-5-6-13(17-3)9-14(12)15/h5-6,9,11,16H,4,7-8,10H2,1-3H3. The highest BCUT2D eigenvalue weighted by Crippen LogP contribution is 2.16. The van der Waals surface area contributed by atoms with Crippen LogP contribution in [0.2, 0.25) is 0 Å². The predicted molar refractivity (Wildman–Crippen MR) is 70.4 cm³/mol. The maximum absolute atomic E-state index is 13.5. The van der Waals surface area contributed by atoms with Gasteiger partial charge in [0, 0.05) is 24.3 Å². The second kappa shape index (κ2) is 8.06. The lowest BCUT2D eigenvalue weighted by atomic mass is 10.2. The number of halogens is 1. The van der Waals surface area contributed by atoms with Gasteiger partial charge in [0.2, 0.25) is 0 Å². The van der Waals surface area contributed by atoms with Gasteiger partial charge in [0.1, 0.15) is 11.6 Å². The van der Waals surface area contributed by atoms with Crippen molar-refractivity contribution in [1.82, 2.24) is 5.32 Å². The molecule has 1 aromatic rings. The predicted octanol–water partition coefficient (Wildman–Crippen LogP) is 2.74. The van der Waals surface area contributed by atoms with Gasteiger partial charge in [-0.2, -0.15) is 0 Å². The highest BCUT2D eigenvalue weighted by molar-refractivity contribution is 5.28. The monoisotopic (exact) mass is 255 g/mol. The van der Waals surface area contributed by atoms with Gasteiger partial charge in [-0.25, -0.2) is 4.39 Å². The minimum atomic E-state index is -0.283. The number of benzene rings is 1. The summed E-state index contributed by atoms with van der Waals surface area (Å²) in [5.74, 6) is 0.243. The molecule has 0 aromatic heterocycles. The summed E-state index contributed by atoms with van der Waals surface area (Å²) in [4.78, 5) is 0. The Hall–Kier alpha value is -1.13. The van der Waals surface area contributed by atoms with E-state index < -0.39 is 0 Å². The van der Waals surface area contributed by atoms with Crippen LogP contribution in [0.25, 0.3) is 0 Å². The van der Waals surface area contributed by atoms with Gasteiger partial charge in [-0.3, -0.25) is 0 Å². The van der Waals surface area contributed by atoms with Crippen LogP contribution < -0.4 is 10.1 Å². The van der Waals surface area contributed by atoms with Gasteiger partial charge in [-0.05, 0) is 19.0 Å². The van der Waals surface area contributed by atoms with E-state index in [4.69, 9.17) is 9.47 Å². The molecule has 0 bridgehead atoms. The molecule has 0 saturated heterocycles. The van der Waals surface area contributed by atoms with E-state index >= 15 is 0 Å².